The van der Waals surface area contributed by atoms with Crippen molar-refractivity contribution in [2.45, 2.75) is 18.9 Å². The number of rotatable bonds is 2. The molecule has 0 radical (unpaired) electrons. The first-order chi connectivity index (χ1) is 9.77. The third kappa shape index (κ3) is 2.29. The number of hydrogen-bond acceptors (Lipinski definition) is 2. The van der Waals surface area contributed by atoms with Crippen LogP contribution in [0.3, 0.4) is 0 Å². The van der Waals surface area contributed by atoms with Crippen LogP contribution >= 0.6 is 0 Å². The van der Waals surface area contributed by atoms with Crippen molar-refractivity contribution in [3.63, 3.8) is 0 Å². The Kier molecular flexibility index (Phi) is 3.46. The average Bonchev–Trinajstić information content (AvgIpc) is 2.97. The second-order valence-corrected chi connectivity index (χ2v) is 4.92. The summed E-state index contributed by atoms with van der Waals surface area (Å²) in [5, 5.41) is 0. The molecule has 0 N–H and O–H groups in total. The van der Waals surface area contributed by atoms with Gasteiger partial charge in [0, 0.05) is 12.7 Å². The van der Waals surface area contributed by atoms with E-state index in [9.17, 15) is 9.18 Å². The Morgan fingerprint density at radius 3 is 2.80 bits per heavy atom. The molecule has 1 amide bonds. The van der Waals surface area contributed by atoms with Gasteiger partial charge in [0.05, 0.1) is 17.8 Å². The van der Waals surface area contributed by atoms with Crippen LogP contribution < -0.4 is 0 Å². The lowest BCUT2D eigenvalue weighted by Crippen LogP contribution is -2.31. The Labute approximate surface area is 117 Å². The summed E-state index contributed by atoms with van der Waals surface area (Å²) in [7, 11) is 0. The first-order valence-corrected chi connectivity index (χ1v) is 6.73. The second-order valence-electron chi connectivity index (χ2n) is 4.92. The normalized spacial score (nSPS) is 18.2. The zero-order chi connectivity index (χ0) is 13.9. The number of likely N-dealkylation sites (tertiary alicyclic amines) is 1. The van der Waals surface area contributed by atoms with Gasteiger partial charge in [0.25, 0.3) is 5.91 Å². The van der Waals surface area contributed by atoms with Gasteiger partial charge >= 0.3 is 0 Å². The van der Waals surface area contributed by atoms with E-state index in [-0.39, 0.29) is 17.5 Å². The van der Waals surface area contributed by atoms with Gasteiger partial charge < -0.3 is 4.90 Å². The number of hydrogen-bond donors (Lipinski definition) is 0. The van der Waals surface area contributed by atoms with Crippen LogP contribution in [0, 0.1) is 5.82 Å². The van der Waals surface area contributed by atoms with E-state index in [0.29, 0.717) is 6.54 Å². The highest BCUT2D eigenvalue weighted by atomic mass is 19.1. The van der Waals surface area contributed by atoms with Crippen LogP contribution in [-0.2, 0) is 0 Å². The lowest BCUT2D eigenvalue weighted by atomic mass is 10.0. The summed E-state index contributed by atoms with van der Waals surface area (Å²) in [5.41, 5.74) is 1.20. The standard InChI is InChI=1S/C16H15FN2O/c17-14-11-18-9-8-13(14)16(20)19-10-4-7-15(19)12-5-2-1-3-6-12/h1-3,5-6,8-9,11,15H,4,7,10H2. The molecule has 2 aromatic rings. The number of pyridine rings is 1. The van der Waals surface area contributed by atoms with Crippen LogP contribution in [0.2, 0.25) is 0 Å². The average molecular weight is 270 g/mol. The predicted octanol–water partition coefficient (Wildman–Crippen LogP) is 3.20. The minimum atomic E-state index is -0.559. The smallest absolute Gasteiger partial charge is 0.257 e. The molecule has 1 aliphatic heterocycles. The van der Waals surface area contributed by atoms with Crippen molar-refractivity contribution in [2.24, 2.45) is 0 Å². The van der Waals surface area contributed by atoms with Gasteiger partial charge in [-0.2, -0.15) is 0 Å². The van der Waals surface area contributed by atoms with E-state index in [1.54, 1.807) is 4.90 Å². The van der Waals surface area contributed by atoms with Crippen molar-refractivity contribution >= 4 is 5.91 Å². The number of carbonyl (C=O) groups is 1. The number of halogens is 1. The minimum Gasteiger partial charge on any atom is -0.332 e. The zero-order valence-corrected chi connectivity index (χ0v) is 11.0. The maximum atomic E-state index is 13.7. The molecule has 0 bridgehead atoms. The molecule has 0 saturated carbocycles. The number of carbonyl (C=O) groups excluding carboxylic acids is 1. The van der Waals surface area contributed by atoms with E-state index in [1.165, 1.54) is 12.3 Å². The van der Waals surface area contributed by atoms with Gasteiger partial charge in [-0.05, 0) is 24.5 Å². The molecule has 1 unspecified atom stereocenters. The highest BCUT2D eigenvalue weighted by molar-refractivity contribution is 5.94. The first kappa shape index (κ1) is 12.8. The molecule has 3 rings (SSSR count). The van der Waals surface area contributed by atoms with Crippen LogP contribution in [0.25, 0.3) is 0 Å². The van der Waals surface area contributed by atoms with Gasteiger partial charge in [0.15, 0.2) is 5.82 Å². The van der Waals surface area contributed by atoms with Crippen molar-refractivity contribution in [1.82, 2.24) is 9.88 Å². The molecule has 3 nitrogen and oxygen atoms in total. The maximum Gasteiger partial charge on any atom is 0.257 e. The fourth-order valence-corrected chi connectivity index (χ4v) is 2.73. The Bertz CT molecular complexity index is 615. The number of aromatic nitrogens is 1. The Hall–Kier alpha value is -2.23. The molecule has 2 heterocycles. The summed E-state index contributed by atoms with van der Waals surface area (Å²) in [6.07, 6.45) is 4.39. The van der Waals surface area contributed by atoms with E-state index < -0.39 is 5.82 Å². The topological polar surface area (TPSA) is 33.2 Å². The minimum absolute atomic E-state index is 0.0382. The summed E-state index contributed by atoms with van der Waals surface area (Å²) in [6, 6.07) is 11.4. The zero-order valence-electron chi connectivity index (χ0n) is 11.0. The molecule has 20 heavy (non-hydrogen) atoms. The third-order valence-electron chi connectivity index (χ3n) is 3.70. The molecule has 1 aromatic heterocycles. The molecule has 1 atom stereocenters. The second kappa shape index (κ2) is 5.41. The molecule has 0 spiro atoms. The summed E-state index contributed by atoms with van der Waals surface area (Å²) in [5.74, 6) is -0.813. The van der Waals surface area contributed by atoms with Gasteiger partial charge in [-0.15, -0.1) is 0 Å². The van der Waals surface area contributed by atoms with Crippen LogP contribution in [-0.4, -0.2) is 22.3 Å². The van der Waals surface area contributed by atoms with Crippen LogP contribution in [0.5, 0.6) is 0 Å². The van der Waals surface area contributed by atoms with Gasteiger partial charge in [-0.1, -0.05) is 30.3 Å². The maximum absolute atomic E-state index is 13.7. The lowest BCUT2D eigenvalue weighted by Gasteiger charge is -2.25. The summed E-state index contributed by atoms with van der Waals surface area (Å²) < 4.78 is 13.7. The molecular formula is C16H15FN2O. The predicted molar refractivity (Wildman–Crippen MR) is 73.6 cm³/mol. The fourth-order valence-electron chi connectivity index (χ4n) is 2.73. The summed E-state index contributed by atoms with van der Waals surface area (Å²) in [6.45, 7) is 0.667. The molecule has 1 saturated heterocycles. The third-order valence-corrected chi connectivity index (χ3v) is 3.70. The number of amides is 1. The van der Waals surface area contributed by atoms with Crippen molar-refractivity contribution in [3.8, 4) is 0 Å². The fraction of sp³-hybridized carbons (Fsp3) is 0.250. The largest absolute Gasteiger partial charge is 0.332 e. The molecule has 1 aromatic carbocycles. The summed E-state index contributed by atoms with van der Waals surface area (Å²) in [4.78, 5) is 18.0. The van der Waals surface area contributed by atoms with Gasteiger partial charge in [-0.25, -0.2) is 4.39 Å². The highest BCUT2D eigenvalue weighted by Crippen LogP contribution is 2.33. The van der Waals surface area contributed by atoms with E-state index >= 15 is 0 Å². The van der Waals surface area contributed by atoms with E-state index in [0.717, 1.165) is 24.6 Å². The highest BCUT2D eigenvalue weighted by Gasteiger charge is 2.31. The molecule has 102 valence electrons. The van der Waals surface area contributed by atoms with Crippen molar-refractivity contribution < 1.29 is 9.18 Å². The molecule has 1 fully saturated rings. The van der Waals surface area contributed by atoms with Crippen LogP contribution in [0.1, 0.15) is 34.8 Å². The van der Waals surface area contributed by atoms with Gasteiger partial charge in [0.1, 0.15) is 0 Å². The van der Waals surface area contributed by atoms with E-state index in [2.05, 4.69) is 4.98 Å². The molecular weight excluding hydrogens is 255 g/mol. The molecule has 0 aliphatic carbocycles. The Morgan fingerprint density at radius 1 is 1.25 bits per heavy atom. The van der Waals surface area contributed by atoms with Crippen molar-refractivity contribution in [2.75, 3.05) is 6.54 Å². The monoisotopic (exact) mass is 270 g/mol. The Morgan fingerprint density at radius 2 is 2.05 bits per heavy atom. The number of nitrogens with zero attached hydrogens (tertiary/aromatic N) is 2. The van der Waals surface area contributed by atoms with Crippen molar-refractivity contribution in [3.05, 3.63) is 65.7 Å². The quantitative estimate of drug-likeness (QED) is 0.839. The Balaban J connectivity index is 1.90. The van der Waals surface area contributed by atoms with E-state index in [4.69, 9.17) is 0 Å². The first-order valence-electron chi connectivity index (χ1n) is 6.73. The number of benzene rings is 1. The van der Waals surface area contributed by atoms with E-state index in [1.807, 2.05) is 30.3 Å². The van der Waals surface area contributed by atoms with Gasteiger partial charge in [-0.3, -0.25) is 9.78 Å². The summed E-state index contributed by atoms with van der Waals surface area (Å²) >= 11 is 0. The van der Waals surface area contributed by atoms with Crippen LogP contribution in [0.4, 0.5) is 4.39 Å². The van der Waals surface area contributed by atoms with Gasteiger partial charge in [0.2, 0.25) is 0 Å². The lowest BCUT2D eigenvalue weighted by molar-refractivity contribution is 0.0730. The molecule has 1 aliphatic rings. The SMILES string of the molecule is O=C(c1ccncc1F)N1CCCC1c1ccccc1. The molecule has 4 heteroatoms. The van der Waals surface area contributed by atoms with Crippen molar-refractivity contribution in [1.29, 1.82) is 0 Å². The van der Waals surface area contributed by atoms with Crippen LogP contribution in [0.15, 0.2) is 48.8 Å².